The Kier molecular flexibility index (Phi) is 4.81. The van der Waals surface area contributed by atoms with E-state index in [9.17, 15) is 18.0 Å². The van der Waals surface area contributed by atoms with Crippen molar-refractivity contribution in [1.82, 2.24) is 9.88 Å². The largest absolute Gasteiger partial charge is 0.448 e. The van der Waals surface area contributed by atoms with Crippen LogP contribution in [0.25, 0.3) is 0 Å². The third-order valence-electron chi connectivity index (χ3n) is 3.60. The Morgan fingerprint density at radius 1 is 1.50 bits per heavy atom. The van der Waals surface area contributed by atoms with Crippen molar-refractivity contribution in [1.29, 1.82) is 0 Å². The van der Waals surface area contributed by atoms with Crippen LogP contribution >= 0.6 is 11.6 Å². The number of sulfone groups is 1. The minimum absolute atomic E-state index is 0.0534. The molecule has 1 aliphatic heterocycles. The average molecular weight is 349 g/mol. The summed E-state index contributed by atoms with van der Waals surface area (Å²) >= 11 is 5.70. The van der Waals surface area contributed by atoms with E-state index in [-0.39, 0.29) is 23.2 Å². The molecule has 122 valence electrons. The summed E-state index contributed by atoms with van der Waals surface area (Å²) in [5, 5.41) is 0.360. The zero-order valence-electron chi connectivity index (χ0n) is 12.2. The fourth-order valence-electron chi connectivity index (χ4n) is 2.31. The van der Waals surface area contributed by atoms with Gasteiger partial charge in [-0.3, -0.25) is 4.79 Å². The molecule has 0 aromatic carbocycles. The molecule has 2 atom stereocenters. The Morgan fingerprint density at radius 3 is 2.68 bits per heavy atom. The maximum absolute atomic E-state index is 12.2. The van der Waals surface area contributed by atoms with Crippen LogP contribution < -0.4 is 0 Å². The van der Waals surface area contributed by atoms with Crippen LogP contribution in [0, 0.1) is 0 Å². The Labute approximate surface area is 133 Å². The van der Waals surface area contributed by atoms with Crippen molar-refractivity contribution in [2.24, 2.45) is 0 Å². The second-order valence-corrected chi connectivity index (χ2v) is 7.95. The molecule has 2 rings (SSSR count). The molecule has 0 aliphatic carbocycles. The lowest BCUT2D eigenvalue weighted by molar-refractivity contribution is -0.140. The van der Waals surface area contributed by atoms with E-state index in [0.717, 1.165) is 0 Å². The Bertz CT molecular complexity index is 684. The van der Waals surface area contributed by atoms with E-state index in [4.69, 9.17) is 16.3 Å². The van der Waals surface area contributed by atoms with Crippen LogP contribution in [0.3, 0.4) is 0 Å². The van der Waals surface area contributed by atoms with E-state index >= 15 is 0 Å². The normalized spacial score (nSPS) is 21.3. The minimum atomic E-state index is -3.08. The SMILES string of the molecule is C[C@@H](OC(=O)c1cc(Cl)c[nH]1)C(=O)N(C)[C@H]1CCS(=O)(=O)C1. The van der Waals surface area contributed by atoms with Crippen molar-refractivity contribution >= 4 is 33.3 Å². The van der Waals surface area contributed by atoms with Gasteiger partial charge in [-0.25, -0.2) is 13.2 Å². The first-order valence-corrected chi connectivity index (χ1v) is 8.91. The highest BCUT2D eigenvalue weighted by molar-refractivity contribution is 7.91. The maximum atomic E-state index is 12.2. The van der Waals surface area contributed by atoms with Gasteiger partial charge in [-0.05, 0) is 19.4 Å². The van der Waals surface area contributed by atoms with Gasteiger partial charge in [0.15, 0.2) is 15.9 Å². The first-order chi connectivity index (χ1) is 10.2. The fourth-order valence-corrected chi connectivity index (χ4v) is 4.25. The zero-order chi connectivity index (χ0) is 16.5. The topological polar surface area (TPSA) is 96.5 Å². The number of hydrogen-bond acceptors (Lipinski definition) is 5. The van der Waals surface area contributed by atoms with Gasteiger partial charge in [0.25, 0.3) is 5.91 Å². The third kappa shape index (κ3) is 3.80. The van der Waals surface area contributed by atoms with Crippen molar-refractivity contribution in [2.75, 3.05) is 18.6 Å². The van der Waals surface area contributed by atoms with Crippen molar-refractivity contribution < 1.29 is 22.7 Å². The third-order valence-corrected chi connectivity index (χ3v) is 5.57. The predicted octanol–water partition coefficient (Wildman–Crippen LogP) is 0.859. The number of halogens is 1. The number of amides is 1. The first kappa shape index (κ1) is 16.8. The molecule has 0 spiro atoms. The first-order valence-electron chi connectivity index (χ1n) is 6.71. The van der Waals surface area contributed by atoms with Gasteiger partial charge in [0.2, 0.25) is 0 Å². The number of aromatic amines is 1. The molecule has 0 unspecified atom stereocenters. The fraction of sp³-hybridized carbons (Fsp3) is 0.538. The van der Waals surface area contributed by atoms with Crippen molar-refractivity contribution in [3.05, 3.63) is 23.0 Å². The lowest BCUT2D eigenvalue weighted by Gasteiger charge is -2.26. The Morgan fingerprint density at radius 2 is 2.18 bits per heavy atom. The highest BCUT2D eigenvalue weighted by Gasteiger charge is 2.35. The summed E-state index contributed by atoms with van der Waals surface area (Å²) in [6, 6.07) is 1.02. The van der Waals surface area contributed by atoms with Crippen molar-refractivity contribution in [3.63, 3.8) is 0 Å². The molecule has 1 amide bonds. The van der Waals surface area contributed by atoms with Crippen LogP contribution in [0.4, 0.5) is 0 Å². The monoisotopic (exact) mass is 348 g/mol. The molecule has 2 heterocycles. The number of H-pyrrole nitrogens is 1. The van der Waals surface area contributed by atoms with E-state index in [1.165, 1.54) is 31.1 Å². The van der Waals surface area contributed by atoms with E-state index in [1.807, 2.05) is 0 Å². The Hall–Kier alpha value is -1.54. The molecule has 1 fully saturated rings. The summed E-state index contributed by atoms with van der Waals surface area (Å²) in [4.78, 5) is 28.0. The predicted molar refractivity (Wildman–Crippen MR) is 80.5 cm³/mol. The lowest BCUT2D eigenvalue weighted by Crippen LogP contribution is -2.44. The molecular formula is C13H17ClN2O5S. The van der Waals surface area contributed by atoms with E-state index in [1.54, 1.807) is 0 Å². The summed E-state index contributed by atoms with van der Waals surface area (Å²) < 4.78 is 28.0. The number of carbonyl (C=O) groups is 2. The van der Waals surface area contributed by atoms with E-state index in [0.29, 0.717) is 11.4 Å². The summed E-state index contributed by atoms with van der Waals surface area (Å²) in [7, 11) is -1.57. The van der Waals surface area contributed by atoms with Crippen LogP contribution in [-0.2, 0) is 19.4 Å². The van der Waals surface area contributed by atoms with Crippen LogP contribution in [0.2, 0.25) is 5.02 Å². The molecule has 1 N–H and O–H groups in total. The van der Waals surface area contributed by atoms with Crippen LogP contribution in [0.1, 0.15) is 23.8 Å². The number of aromatic nitrogens is 1. The molecule has 1 aromatic rings. The highest BCUT2D eigenvalue weighted by Crippen LogP contribution is 2.18. The smallest absolute Gasteiger partial charge is 0.355 e. The van der Waals surface area contributed by atoms with E-state index in [2.05, 4.69) is 4.98 Å². The van der Waals surface area contributed by atoms with Gasteiger partial charge in [0.05, 0.1) is 16.5 Å². The van der Waals surface area contributed by atoms with Gasteiger partial charge >= 0.3 is 5.97 Å². The highest BCUT2D eigenvalue weighted by atomic mass is 35.5. The zero-order valence-corrected chi connectivity index (χ0v) is 13.8. The molecule has 7 nitrogen and oxygen atoms in total. The van der Waals surface area contributed by atoms with Crippen molar-refractivity contribution in [3.8, 4) is 0 Å². The van der Waals surface area contributed by atoms with E-state index < -0.39 is 27.8 Å². The van der Waals surface area contributed by atoms with Gasteiger partial charge in [0, 0.05) is 19.3 Å². The number of likely N-dealkylation sites (N-methyl/N-ethyl adjacent to an activating group) is 1. The van der Waals surface area contributed by atoms with Gasteiger partial charge < -0.3 is 14.6 Å². The number of ether oxygens (including phenoxy) is 1. The molecule has 9 heteroatoms. The maximum Gasteiger partial charge on any atom is 0.355 e. The second kappa shape index (κ2) is 6.29. The summed E-state index contributed by atoms with van der Waals surface area (Å²) in [5.74, 6) is -1.11. The number of nitrogens with zero attached hydrogens (tertiary/aromatic N) is 1. The number of carbonyl (C=O) groups excluding carboxylic acids is 2. The van der Waals surface area contributed by atoms with Gasteiger partial charge in [-0.15, -0.1) is 0 Å². The molecule has 0 bridgehead atoms. The Balaban J connectivity index is 1.95. The van der Waals surface area contributed by atoms with Crippen molar-refractivity contribution in [2.45, 2.75) is 25.5 Å². The average Bonchev–Trinajstić information content (AvgIpc) is 3.02. The van der Waals surface area contributed by atoms with Crippen LogP contribution in [-0.4, -0.2) is 60.9 Å². The molecule has 1 saturated heterocycles. The van der Waals surface area contributed by atoms with Gasteiger partial charge in [-0.2, -0.15) is 0 Å². The molecular weight excluding hydrogens is 332 g/mol. The summed E-state index contributed by atoms with van der Waals surface area (Å²) in [6.45, 7) is 1.45. The summed E-state index contributed by atoms with van der Waals surface area (Å²) in [5.41, 5.74) is 0.149. The quantitative estimate of drug-likeness (QED) is 0.814. The second-order valence-electron chi connectivity index (χ2n) is 5.29. The number of rotatable bonds is 4. The van der Waals surface area contributed by atoms with Crippen LogP contribution in [0.5, 0.6) is 0 Å². The molecule has 22 heavy (non-hydrogen) atoms. The number of esters is 1. The van der Waals surface area contributed by atoms with Gasteiger partial charge in [0.1, 0.15) is 5.69 Å². The summed E-state index contributed by atoms with van der Waals surface area (Å²) in [6.07, 6.45) is 0.820. The number of hydrogen-bond donors (Lipinski definition) is 1. The minimum Gasteiger partial charge on any atom is -0.448 e. The standard InChI is InChI=1S/C13H17ClN2O5S/c1-8(21-13(18)11-5-9(14)6-15-11)12(17)16(2)10-3-4-22(19,20)7-10/h5-6,8,10,15H,3-4,7H2,1-2H3/t8-,10+/m1/s1. The van der Waals surface area contributed by atoms with Crippen LogP contribution in [0.15, 0.2) is 12.3 Å². The molecule has 1 aliphatic rings. The lowest BCUT2D eigenvalue weighted by atomic mass is 10.2. The number of nitrogens with one attached hydrogen (secondary N) is 1. The molecule has 0 radical (unpaired) electrons. The molecule has 1 aromatic heterocycles. The van der Waals surface area contributed by atoms with Gasteiger partial charge in [-0.1, -0.05) is 11.6 Å². The molecule has 0 saturated carbocycles.